The summed E-state index contributed by atoms with van der Waals surface area (Å²) in [6, 6.07) is 6.61. The van der Waals surface area contributed by atoms with Crippen molar-refractivity contribution in [3.8, 4) is 22.9 Å². The molecule has 0 spiro atoms. The van der Waals surface area contributed by atoms with Crippen LogP contribution in [0.3, 0.4) is 0 Å². The van der Waals surface area contributed by atoms with Crippen LogP contribution in [0.5, 0.6) is 11.6 Å². The third kappa shape index (κ3) is 5.68. The molecule has 37 heavy (non-hydrogen) atoms. The van der Waals surface area contributed by atoms with Crippen molar-refractivity contribution in [3.63, 3.8) is 0 Å². The van der Waals surface area contributed by atoms with Crippen molar-refractivity contribution in [2.75, 3.05) is 41.3 Å². The molecule has 1 aliphatic rings. The van der Waals surface area contributed by atoms with Gasteiger partial charge in [-0.3, -0.25) is 9.97 Å². The first-order valence-electron chi connectivity index (χ1n) is 11.4. The number of ether oxygens (including phenoxy) is 2. The van der Waals surface area contributed by atoms with Crippen LogP contribution in [0.4, 0.5) is 11.4 Å². The molecule has 4 rings (SSSR count). The maximum absolute atomic E-state index is 12.6. The van der Waals surface area contributed by atoms with Gasteiger partial charge in [0.1, 0.15) is 5.69 Å². The quantitative estimate of drug-likeness (QED) is 0.415. The summed E-state index contributed by atoms with van der Waals surface area (Å²) >= 11 is 0. The van der Waals surface area contributed by atoms with Crippen LogP contribution in [0.1, 0.15) is 17.0 Å². The van der Waals surface area contributed by atoms with Crippen molar-refractivity contribution in [2.24, 2.45) is 0 Å². The van der Waals surface area contributed by atoms with Gasteiger partial charge in [-0.25, -0.2) is 21.8 Å². The molecule has 1 fully saturated rings. The van der Waals surface area contributed by atoms with Crippen LogP contribution in [0, 0.1) is 20.8 Å². The highest BCUT2D eigenvalue weighted by molar-refractivity contribution is 8.09. The molecule has 1 aliphatic heterocycles. The summed E-state index contributed by atoms with van der Waals surface area (Å²) in [7, 11) is -6.80. The molecule has 0 unspecified atom stereocenters. The number of hydrogen-bond acceptors (Lipinski definition) is 10. The molecule has 4 heterocycles. The third-order valence-corrected chi connectivity index (χ3v) is 9.08. The van der Waals surface area contributed by atoms with Gasteiger partial charge in [0.05, 0.1) is 41.9 Å². The van der Waals surface area contributed by atoms with Gasteiger partial charge >= 0.3 is 0 Å². The topological polar surface area (TPSA) is 132 Å². The lowest BCUT2D eigenvalue weighted by molar-refractivity contribution is 0.0787. The van der Waals surface area contributed by atoms with Gasteiger partial charge in [-0.05, 0) is 50.6 Å². The van der Waals surface area contributed by atoms with E-state index < -0.39 is 20.0 Å². The van der Waals surface area contributed by atoms with Gasteiger partial charge in [0.25, 0.3) is 0 Å². The number of nitrogens with zero attached hydrogens (tertiary/aromatic N) is 5. The summed E-state index contributed by atoms with van der Waals surface area (Å²) in [5.41, 5.74) is 3.79. The molecule has 1 saturated heterocycles. The van der Waals surface area contributed by atoms with E-state index in [-0.39, 0.29) is 17.7 Å². The molecule has 0 saturated carbocycles. The zero-order valence-corrected chi connectivity index (χ0v) is 23.1. The molecule has 0 atom stereocenters. The Balaban J connectivity index is 1.84. The smallest absolute Gasteiger partial charge is 0.246 e. The molecule has 13 heteroatoms. The van der Waals surface area contributed by atoms with Gasteiger partial charge in [0.2, 0.25) is 25.9 Å². The van der Waals surface area contributed by atoms with Crippen LogP contribution in [0.25, 0.3) is 11.3 Å². The van der Waals surface area contributed by atoms with Crippen LogP contribution in [0.15, 0.2) is 36.7 Å². The molecule has 11 nitrogen and oxygen atoms in total. The first-order chi connectivity index (χ1) is 17.3. The number of aryl methyl sites for hydroxylation is 3. The van der Waals surface area contributed by atoms with E-state index in [1.165, 1.54) is 12.1 Å². The van der Waals surface area contributed by atoms with Crippen LogP contribution in [-0.4, -0.2) is 70.6 Å². The Morgan fingerprint density at radius 3 is 2.24 bits per heavy atom. The normalized spacial score (nSPS) is 14.4. The molecular formula is C24H29N5O6S2. The Hall–Kier alpha value is -3.29. The number of aromatic nitrogens is 3. The van der Waals surface area contributed by atoms with Crippen LogP contribution >= 0.6 is 0 Å². The Kier molecular flexibility index (Phi) is 7.14. The minimum Gasteiger partial charge on any atom is -0.435 e. The summed E-state index contributed by atoms with van der Waals surface area (Å²) in [5.74, 6) is 0.163. The minimum absolute atomic E-state index is 0.161. The van der Waals surface area contributed by atoms with Gasteiger partial charge < -0.3 is 14.4 Å². The molecule has 0 N–H and O–H groups in total. The van der Waals surface area contributed by atoms with Crippen molar-refractivity contribution >= 4 is 31.4 Å². The second kappa shape index (κ2) is 9.88. The maximum Gasteiger partial charge on any atom is 0.246 e. The van der Waals surface area contributed by atoms with Crippen molar-refractivity contribution in [1.82, 2.24) is 15.0 Å². The Labute approximate surface area is 217 Å². The fourth-order valence-electron chi connectivity index (χ4n) is 4.21. The van der Waals surface area contributed by atoms with E-state index in [9.17, 15) is 16.8 Å². The van der Waals surface area contributed by atoms with E-state index in [4.69, 9.17) is 9.47 Å². The summed E-state index contributed by atoms with van der Waals surface area (Å²) in [6.45, 7) is 6.88. The van der Waals surface area contributed by atoms with Gasteiger partial charge in [-0.2, -0.15) is 3.71 Å². The molecular weight excluding hydrogens is 518 g/mol. The first kappa shape index (κ1) is 26.8. The number of rotatable bonds is 8. The Morgan fingerprint density at radius 2 is 1.65 bits per heavy atom. The average Bonchev–Trinajstić information content (AvgIpc) is 2.74. The van der Waals surface area contributed by atoms with E-state index in [0.29, 0.717) is 26.4 Å². The van der Waals surface area contributed by atoms with Gasteiger partial charge in [-0.1, -0.05) is 0 Å². The largest absolute Gasteiger partial charge is 0.435 e. The predicted octanol–water partition coefficient (Wildman–Crippen LogP) is 2.82. The third-order valence-electron chi connectivity index (χ3n) is 5.86. The van der Waals surface area contributed by atoms with Gasteiger partial charge in [0.15, 0.2) is 5.75 Å². The zero-order valence-electron chi connectivity index (χ0n) is 21.5. The molecule has 0 aliphatic carbocycles. The lowest BCUT2D eigenvalue weighted by Crippen LogP contribution is -2.51. The summed E-state index contributed by atoms with van der Waals surface area (Å²) in [6.07, 6.45) is 5.14. The van der Waals surface area contributed by atoms with Crippen molar-refractivity contribution in [1.29, 1.82) is 0 Å². The first-order valence-corrected chi connectivity index (χ1v) is 15.0. The van der Waals surface area contributed by atoms with E-state index in [1.807, 2.05) is 26.0 Å². The molecule has 0 amide bonds. The van der Waals surface area contributed by atoms with Gasteiger partial charge in [0, 0.05) is 37.7 Å². The van der Waals surface area contributed by atoms with Crippen LogP contribution in [-0.2, 0) is 24.8 Å². The standard InChI is InChI=1S/C24H29N5O6S2/c1-15-9-16(2)26-17(3)23(15)35-24-22(29(36(5,30)31)37(6,32)33)8-7-21(27-24)18-10-19(12-25-11-18)28-13-20(14-28)34-4/h7-12,20H,13-14H2,1-6H3. The van der Waals surface area contributed by atoms with Crippen LogP contribution < -0.4 is 13.3 Å². The number of methoxy groups -OCH3 is 1. The molecule has 3 aromatic heterocycles. The summed E-state index contributed by atoms with van der Waals surface area (Å²) in [5, 5.41) is 0. The van der Waals surface area contributed by atoms with E-state index in [2.05, 4.69) is 19.9 Å². The molecule has 0 radical (unpaired) electrons. The zero-order chi connectivity index (χ0) is 27.1. The van der Waals surface area contributed by atoms with E-state index in [0.717, 1.165) is 42.5 Å². The van der Waals surface area contributed by atoms with Crippen LogP contribution in [0.2, 0.25) is 0 Å². The van der Waals surface area contributed by atoms with E-state index in [1.54, 1.807) is 26.4 Å². The fraction of sp³-hybridized carbons (Fsp3) is 0.375. The highest BCUT2D eigenvalue weighted by atomic mass is 32.3. The highest BCUT2D eigenvalue weighted by Gasteiger charge is 2.32. The predicted molar refractivity (Wildman–Crippen MR) is 141 cm³/mol. The number of pyridine rings is 3. The maximum atomic E-state index is 12.6. The number of anilines is 2. The molecule has 3 aromatic rings. The lowest BCUT2D eigenvalue weighted by atomic mass is 10.1. The van der Waals surface area contributed by atoms with Crippen molar-refractivity contribution in [3.05, 3.63) is 53.6 Å². The monoisotopic (exact) mass is 547 g/mol. The summed E-state index contributed by atoms with van der Waals surface area (Å²) in [4.78, 5) is 15.4. The number of sulfonamides is 2. The molecule has 0 aromatic carbocycles. The Morgan fingerprint density at radius 1 is 0.973 bits per heavy atom. The minimum atomic E-state index is -4.24. The Bertz CT molecular complexity index is 1500. The fourth-order valence-corrected chi connectivity index (χ4v) is 7.17. The molecule has 198 valence electrons. The second-order valence-corrected chi connectivity index (χ2v) is 12.9. The van der Waals surface area contributed by atoms with Crippen molar-refractivity contribution < 1.29 is 26.3 Å². The van der Waals surface area contributed by atoms with Gasteiger partial charge in [-0.15, -0.1) is 0 Å². The average molecular weight is 548 g/mol. The highest BCUT2D eigenvalue weighted by Crippen LogP contribution is 2.38. The lowest BCUT2D eigenvalue weighted by Gasteiger charge is -2.39. The van der Waals surface area contributed by atoms with Crippen molar-refractivity contribution in [2.45, 2.75) is 26.9 Å². The summed E-state index contributed by atoms with van der Waals surface area (Å²) < 4.78 is 62.0. The van der Waals surface area contributed by atoms with E-state index >= 15 is 0 Å². The second-order valence-electron chi connectivity index (χ2n) is 9.04. The number of hydrogen-bond donors (Lipinski definition) is 0. The SMILES string of the molecule is COC1CN(c2cncc(-c3ccc(N(S(C)(=O)=O)S(C)(=O)=O)c(Oc4c(C)cc(C)nc4C)n3)c2)C1. The molecule has 0 bridgehead atoms.